The number of aliphatic hydroxyl groups is 1. The Hall–Kier alpha value is -3.01. The second-order valence-electron chi connectivity index (χ2n) is 7.25. The molecule has 1 amide bonds. The van der Waals surface area contributed by atoms with Gasteiger partial charge < -0.3 is 10.4 Å². The van der Waals surface area contributed by atoms with Crippen molar-refractivity contribution in [1.82, 2.24) is 14.3 Å². The van der Waals surface area contributed by atoms with Crippen molar-refractivity contribution in [2.45, 2.75) is 19.4 Å². The third-order valence-electron chi connectivity index (χ3n) is 5.01. The van der Waals surface area contributed by atoms with Crippen LogP contribution in [0.15, 0.2) is 64.4 Å². The summed E-state index contributed by atoms with van der Waals surface area (Å²) in [6, 6.07) is 14.5. The Kier molecular flexibility index (Phi) is 6.69. The van der Waals surface area contributed by atoms with Crippen molar-refractivity contribution < 1.29 is 9.90 Å². The Morgan fingerprint density at radius 2 is 1.94 bits per heavy atom. The number of benzene rings is 1. The van der Waals surface area contributed by atoms with Crippen LogP contribution in [0, 0.1) is 0 Å². The molecule has 1 saturated heterocycles. The van der Waals surface area contributed by atoms with Gasteiger partial charge in [-0.15, -0.1) is 0 Å². The van der Waals surface area contributed by atoms with Gasteiger partial charge in [-0.3, -0.25) is 18.9 Å². The maximum Gasteiger partial charge on any atom is 0.267 e. The summed E-state index contributed by atoms with van der Waals surface area (Å²) in [5.41, 5.74) is 1.14. The number of nitrogens with one attached hydrogen (secondary N) is 1. The average Bonchev–Trinajstić information content (AvgIpc) is 3.08. The first-order valence-electron chi connectivity index (χ1n) is 10.2. The molecule has 0 bridgehead atoms. The number of amides is 1. The Labute approximate surface area is 194 Å². The highest BCUT2D eigenvalue weighted by Gasteiger charge is 2.32. The van der Waals surface area contributed by atoms with Gasteiger partial charge in [0.05, 0.1) is 16.6 Å². The number of fused-ring (bicyclic) bond motifs is 1. The van der Waals surface area contributed by atoms with Gasteiger partial charge in [0.25, 0.3) is 11.5 Å². The molecule has 0 unspecified atom stereocenters. The summed E-state index contributed by atoms with van der Waals surface area (Å²) in [6.45, 7) is 2.66. The molecule has 9 heteroatoms. The minimum Gasteiger partial charge on any atom is -0.387 e. The van der Waals surface area contributed by atoms with Gasteiger partial charge >= 0.3 is 0 Å². The Morgan fingerprint density at radius 1 is 1.19 bits per heavy atom. The lowest BCUT2D eigenvalue weighted by molar-refractivity contribution is -0.122. The molecule has 0 spiro atoms. The van der Waals surface area contributed by atoms with Gasteiger partial charge in [-0.05, 0) is 30.2 Å². The fraction of sp³-hybridized carbons (Fsp3) is 0.217. The van der Waals surface area contributed by atoms with Crippen molar-refractivity contribution in [2.75, 3.05) is 18.4 Å². The van der Waals surface area contributed by atoms with E-state index < -0.39 is 6.10 Å². The smallest absolute Gasteiger partial charge is 0.267 e. The fourth-order valence-electron chi connectivity index (χ4n) is 3.40. The molecule has 164 valence electrons. The van der Waals surface area contributed by atoms with Crippen molar-refractivity contribution in [1.29, 1.82) is 0 Å². The van der Waals surface area contributed by atoms with Crippen LogP contribution in [0.2, 0.25) is 0 Å². The molecule has 0 saturated carbocycles. The molecule has 1 aliphatic rings. The predicted octanol–water partition coefficient (Wildman–Crippen LogP) is 3.45. The number of hydrogen-bond acceptors (Lipinski definition) is 7. The lowest BCUT2D eigenvalue weighted by Gasteiger charge is -2.15. The van der Waals surface area contributed by atoms with E-state index in [2.05, 4.69) is 10.3 Å². The van der Waals surface area contributed by atoms with Crippen LogP contribution in [0.1, 0.15) is 30.6 Å². The first kappa shape index (κ1) is 22.2. The molecule has 3 aromatic rings. The second-order valence-corrected chi connectivity index (χ2v) is 8.92. The van der Waals surface area contributed by atoms with Crippen molar-refractivity contribution in [2.24, 2.45) is 0 Å². The van der Waals surface area contributed by atoms with Gasteiger partial charge in [-0.1, -0.05) is 67.3 Å². The molecule has 7 nitrogen and oxygen atoms in total. The highest BCUT2D eigenvalue weighted by molar-refractivity contribution is 8.26. The van der Waals surface area contributed by atoms with Crippen LogP contribution < -0.4 is 10.9 Å². The number of pyridine rings is 1. The highest BCUT2D eigenvalue weighted by Crippen LogP contribution is 2.33. The summed E-state index contributed by atoms with van der Waals surface area (Å²) in [7, 11) is 0. The molecule has 0 aliphatic carbocycles. The molecule has 1 aliphatic heterocycles. The Morgan fingerprint density at radius 3 is 2.69 bits per heavy atom. The van der Waals surface area contributed by atoms with Crippen LogP contribution in [0.5, 0.6) is 0 Å². The SMILES string of the molecule is CCCN1C(=O)/C(=C/c2c(NC[C@@H](O)c3ccccc3)nc3ccccn3c2=O)SC1=S. The van der Waals surface area contributed by atoms with Gasteiger partial charge in [0.1, 0.15) is 15.8 Å². The van der Waals surface area contributed by atoms with Crippen LogP contribution in [-0.2, 0) is 4.79 Å². The summed E-state index contributed by atoms with van der Waals surface area (Å²) in [5, 5.41) is 13.6. The minimum absolute atomic E-state index is 0.150. The molecule has 1 aromatic carbocycles. The molecular weight excluding hydrogens is 444 g/mol. The van der Waals surface area contributed by atoms with Crippen molar-refractivity contribution in [3.05, 3.63) is 81.1 Å². The number of thioether (sulfide) groups is 1. The quantitative estimate of drug-likeness (QED) is 0.407. The van der Waals surface area contributed by atoms with E-state index in [1.54, 1.807) is 35.4 Å². The molecule has 0 radical (unpaired) electrons. The zero-order chi connectivity index (χ0) is 22.7. The topological polar surface area (TPSA) is 86.9 Å². The number of nitrogens with zero attached hydrogens (tertiary/aromatic N) is 3. The largest absolute Gasteiger partial charge is 0.387 e. The summed E-state index contributed by atoms with van der Waals surface area (Å²) < 4.78 is 1.91. The number of anilines is 1. The highest BCUT2D eigenvalue weighted by atomic mass is 32.2. The number of thiocarbonyl (C=S) groups is 1. The van der Waals surface area contributed by atoms with Gasteiger partial charge in [0, 0.05) is 19.3 Å². The predicted molar refractivity (Wildman–Crippen MR) is 132 cm³/mol. The van der Waals surface area contributed by atoms with E-state index >= 15 is 0 Å². The van der Waals surface area contributed by atoms with Crippen LogP contribution >= 0.6 is 24.0 Å². The fourth-order valence-corrected chi connectivity index (χ4v) is 4.69. The van der Waals surface area contributed by atoms with Crippen molar-refractivity contribution >= 4 is 51.7 Å². The number of rotatable bonds is 7. The van der Waals surface area contributed by atoms with Crippen LogP contribution in [0.4, 0.5) is 5.82 Å². The summed E-state index contributed by atoms with van der Waals surface area (Å²) in [6.07, 6.45) is 3.17. The van der Waals surface area contributed by atoms with E-state index in [-0.39, 0.29) is 23.6 Å². The zero-order valence-electron chi connectivity index (χ0n) is 17.4. The first-order chi connectivity index (χ1) is 15.5. The lowest BCUT2D eigenvalue weighted by atomic mass is 10.1. The van der Waals surface area contributed by atoms with Gasteiger partial charge in [0.2, 0.25) is 0 Å². The second kappa shape index (κ2) is 9.64. The summed E-state index contributed by atoms with van der Waals surface area (Å²) in [5.74, 6) is 0.0895. The minimum atomic E-state index is -0.789. The zero-order valence-corrected chi connectivity index (χ0v) is 19.0. The monoisotopic (exact) mass is 466 g/mol. The lowest BCUT2D eigenvalue weighted by Crippen LogP contribution is -2.28. The maximum absolute atomic E-state index is 13.3. The van der Waals surface area contributed by atoms with Gasteiger partial charge in [-0.2, -0.15) is 0 Å². The molecule has 2 aromatic heterocycles. The number of carbonyl (C=O) groups excluding carboxylic acids is 1. The van der Waals surface area contributed by atoms with Crippen LogP contribution in [0.3, 0.4) is 0 Å². The summed E-state index contributed by atoms with van der Waals surface area (Å²) in [4.78, 5) is 32.6. The van der Waals surface area contributed by atoms with E-state index in [0.717, 1.165) is 12.0 Å². The molecular formula is C23H22N4O3S2. The van der Waals surface area contributed by atoms with E-state index in [1.807, 2.05) is 37.3 Å². The van der Waals surface area contributed by atoms with Crippen LogP contribution in [-0.4, -0.2) is 42.7 Å². The molecule has 32 heavy (non-hydrogen) atoms. The van der Waals surface area contributed by atoms with E-state index in [4.69, 9.17) is 12.2 Å². The molecule has 1 atom stereocenters. The van der Waals surface area contributed by atoms with E-state index in [1.165, 1.54) is 16.2 Å². The third-order valence-corrected chi connectivity index (χ3v) is 6.39. The molecule has 1 fully saturated rings. The number of aliphatic hydroxyl groups excluding tert-OH is 1. The van der Waals surface area contributed by atoms with Gasteiger partial charge in [0.15, 0.2) is 0 Å². The molecule has 4 rings (SSSR count). The van der Waals surface area contributed by atoms with Crippen molar-refractivity contribution in [3.8, 4) is 0 Å². The number of carbonyl (C=O) groups is 1. The Balaban J connectivity index is 1.72. The molecule has 2 N–H and O–H groups in total. The molecule has 3 heterocycles. The van der Waals surface area contributed by atoms with Gasteiger partial charge in [-0.25, -0.2) is 4.98 Å². The van der Waals surface area contributed by atoms with Crippen LogP contribution in [0.25, 0.3) is 11.7 Å². The number of aromatic nitrogens is 2. The maximum atomic E-state index is 13.3. The van der Waals surface area contributed by atoms with E-state index in [0.29, 0.717) is 27.2 Å². The third kappa shape index (κ3) is 4.45. The van der Waals surface area contributed by atoms with E-state index in [9.17, 15) is 14.7 Å². The Bertz CT molecular complexity index is 1260. The van der Waals surface area contributed by atoms with Crippen molar-refractivity contribution in [3.63, 3.8) is 0 Å². The average molecular weight is 467 g/mol. The standard InChI is InChI=1S/C23H22N4O3S2/c1-2-11-27-22(30)18(32-23(27)31)13-16-20(24-14-17(28)15-8-4-3-5-9-15)25-19-10-6-7-12-26(19)21(16)29/h3-10,12-13,17,24,28H,2,11,14H2,1H3/b18-13-/t17-/m1/s1. The number of hydrogen-bond donors (Lipinski definition) is 2. The summed E-state index contributed by atoms with van der Waals surface area (Å²) >= 11 is 6.51. The first-order valence-corrected chi connectivity index (χ1v) is 11.5. The normalized spacial score (nSPS) is 16.2.